The summed E-state index contributed by atoms with van der Waals surface area (Å²) in [7, 11) is 0. The molecular formula is C13H15ClN2. The molecule has 0 radical (unpaired) electrons. The summed E-state index contributed by atoms with van der Waals surface area (Å²) in [4.78, 5) is 0. The maximum atomic E-state index is 6.16. The highest BCUT2D eigenvalue weighted by Crippen LogP contribution is 2.24. The molecule has 0 aliphatic heterocycles. The summed E-state index contributed by atoms with van der Waals surface area (Å²) in [6.07, 6.45) is 0.992. The van der Waals surface area contributed by atoms with Crippen LogP contribution in [0.5, 0.6) is 0 Å². The van der Waals surface area contributed by atoms with E-state index in [-0.39, 0.29) is 0 Å². The molecule has 0 saturated carbocycles. The minimum atomic E-state index is 0.755. The van der Waals surface area contributed by atoms with Crippen molar-refractivity contribution in [3.8, 4) is 5.69 Å². The molecule has 0 atom stereocenters. The van der Waals surface area contributed by atoms with Crippen LogP contribution >= 0.6 is 11.6 Å². The first kappa shape index (κ1) is 11.2. The standard InChI is InChI=1S/C13H15ClN2/c1-4-11-7-5-6-8-12(11)16-10(3)13(14)9(2)15-16/h5-8H,4H2,1-3H3. The monoisotopic (exact) mass is 234 g/mol. The summed E-state index contributed by atoms with van der Waals surface area (Å²) in [5, 5.41) is 5.23. The molecule has 0 spiro atoms. The van der Waals surface area contributed by atoms with E-state index in [2.05, 4.69) is 30.2 Å². The molecule has 0 aliphatic rings. The number of rotatable bonds is 2. The first-order valence-corrected chi connectivity index (χ1v) is 5.83. The molecule has 0 unspecified atom stereocenters. The quantitative estimate of drug-likeness (QED) is 0.775. The summed E-state index contributed by atoms with van der Waals surface area (Å²) in [6, 6.07) is 8.28. The SMILES string of the molecule is CCc1ccccc1-n1nc(C)c(Cl)c1C. The normalized spacial score (nSPS) is 10.8. The van der Waals surface area contributed by atoms with Crippen molar-refractivity contribution in [3.05, 3.63) is 46.2 Å². The molecule has 2 aromatic rings. The topological polar surface area (TPSA) is 17.8 Å². The predicted octanol–water partition coefficient (Wildman–Crippen LogP) is 3.70. The van der Waals surface area contributed by atoms with Gasteiger partial charge < -0.3 is 0 Å². The lowest BCUT2D eigenvalue weighted by atomic mass is 10.1. The second kappa shape index (κ2) is 4.30. The largest absolute Gasteiger partial charge is 0.236 e. The fourth-order valence-corrected chi connectivity index (χ4v) is 1.99. The molecule has 0 bridgehead atoms. The smallest absolute Gasteiger partial charge is 0.0848 e. The van der Waals surface area contributed by atoms with Gasteiger partial charge >= 0.3 is 0 Å². The van der Waals surface area contributed by atoms with Gasteiger partial charge in [-0.15, -0.1) is 0 Å². The lowest BCUT2D eigenvalue weighted by Gasteiger charge is -2.09. The molecule has 0 amide bonds. The van der Waals surface area contributed by atoms with Crippen LogP contribution in [-0.2, 0) is 6.42 Å². The second-order valence-corrected chi connectivity index (χ2v) is 4.26. The Morgan fingerprint density at radius 3 is 2.50 bits per heavy atom. The fraction of sp³-hybridized carbons (Fsp3) is 0.308. The molecule has 1 aromatic carbocycles. The Balaban J connectivity index is 2.63. The second-order valence-electron chi connectivity index (χ2n) is 3.88. The first-order valence-electron chi connectivity index (χ1n) is 5.45. The molecule has 1 heterocycles. The number of benzene rings is 1. The van der Waals surface area contributed by atoms with Crippen LogP contribution < -0.4 is 0 Å². The van der Waals surface area contributed by atoms with E-state index in [0.29, 0.717) is 0 Å². The Morgan fingerprint density at radius 2 is 1.94 bits per heavy atom. The third-order valence-electron chi connectivity index (χ3n) is 2.80. The zero-order valence-corrected chi connectivity index (χ0v) is 10.5. The summed E-state index contributed by atoms with van der Waals surface area (Å²) < 4.78 is 1.93. The molecule has 2 nitrogen and oxygen atoms in total. The minimum Gasteiger partial charge on any atom is -0.236 e. The van der Waals surface area contributed by atoms with Crippen molar-refractivity contribution < 1.29 is 0 Å². The van der Waals surface area contributed by atoms with Crippen molar-refractivity contribution in [2.75, 3.05) is 0 Å². The van der Waals surface area contributed by atoms with Crippen LogP contribution in [0.4, 0.5) is 0 Å². The van der Waals surface area contributed by atoms with Gasteiger partial charge in [-0.05, 0) is 31.9 Å². The number of nitrogens with zero attached hydrogens (tertiary/aromatic N) is 2. The molecule has 0 saturated heterocycles. The van der Waals surface area contributed by atoms with Gasteiger partial charge in [0, 0.05) is 0 Å². The minimum absolute atomic E-state index is 0.755. The van der Waals surface area contributed by atoms with Crippen LogP contribution in [0.2, 0.25) is 5.02 Å². The molecule has 1 aromatic heterocycles. The number of aromatic nitrogens is 2. The zero-order chi connectivity index (χ0) is 11.7. The summed E-state index contributed by atoms with van der Waals surface area (Å²) in [5.74, 6) is 0. The average Bonchev–Trinajstić information content (AvgIpc) is 2.57. The van der Waals surface area contributed by atoms with Crippen molar-refractivity contribution in [2.45, 2.75) is 27.2 Å². The number of aryl methyl sites for hydroxylation is 2. The molecule has 2 rings (SSSR count). The number of hydrogen-bond donors (Lipinski definition) is 0. The van der Waals surface area contributed by atoms with E-state index in [1.54, 1.807) is 0 Å². The van der Waals surface area contributed by atoms with Gasteiger partial charge in [-0.2, -0.15) is 5.10 Å². The maximum absolute atomic E-state index is 6.16. The third-order valence-corrected chi connectivity index (χ3v) is 3.35. The Bertz CT molecular complexity index is 515. The van der Waals surface area contributed by atoms with Gasteiger partial charge in [0.1, 0.15) is 0 Å². The van der Waals surface area contributed by atoms with E-state index >= 15 is 0 Å². The van der Waals surface area contributed by atoms with Crippen LogP contribution in [0.15, 0.2) is 24.3 Å². The molecule has 0 aliphatic carbocycles. The van der Waals surface area contributed by atoms with E-state index in [1.807, 2.05) is 24.6 Å². The average molecular weight is 235 g/mol. The Labute approximate surface area is 101 Å². The number of hydrogen-bond acceptors (Lipinski definition) is 1. The molecule has 3 heteroatoms. The van der Waals surface area contributed by atoms with Gasteiger partial charge in [0.05, 0.1) is 22.1 Å². The van der Waals surface area contributed by atoms with E-state index in [0.717, 1.165) is 28.5 Å². The van der Waals surface area contributed by atoms with Crippen molar-refractivity contribution in [3.63, 3.8) is 0 Å². The van der Waals surface area contributed by atoms with Crippen molar-refractivity contribution >= 4 is 11.6 Å². The van der Waals surface area contributed by atoms with Crippen LogP contribution in [-0.4, -0.2) is 9.78 Å². The van der Waals surface area contributed by atoms with Gasteiger partial charge in [0.25, 0.3) is 0 Å². The van der Waals surface area contributed by atoms with Gasteiger partial charge in [-0.3, -0.25) is 0 Å². The predicted molar refractivity (Wildman–Crippen MR) is 67.4 cm³/mol. The number of halogens is 1. The summed E-state index contributed by atoms with van der Waals surface area (Å²) in [6.45, 7) is 6.07. The van der Waals surface area contributed by atoms with E-state index in [1.165, 1.54) is 5.56 Å². The van der Waals surface area contributed by atoms with Gasteiger partial charge in [-0.1, -0.05) is 36.7 Å². The highest BCUT2D eigenvalue weighted by atomic mass is 35.5. The van der Waals surface area contributed by atoms with Crippen LogP contribution in [0.1, 0.15) is 23.9 Å². The lowest BCUT2D eigenvalue weighted by molar-refractivity contribution is 0.820. The highest BCUT2D eigenvalue weighted by molar-refractivity contribution is 6.31. The van der Waals surface area contributed by atoms with Gasteiger partial charge in [-0.25, -0.2) is 4.68 Å². The summed E-state index contributed by atoms with van der Waals surface area (Å²) in [5.41, 5.74) is 4.28. The Morgan fingerprint density at radius 1 is 1.25 bits per heavy atom. The number of para-hydroxylation sites is 1. The molecule has 16 heavy (non-hydrogen) atoms. The van der Waals surface area contributed by atoms with Crippen molar-refractivity contribution in [1.82, 2.24) is 9.78 Å². The molecule has 0 N–H and O–H groups in total. The lowest BCUT2D eigenvalue weighted by Crippen LogP contribution is -2.02. The van der Waals surface area contributed by atoms with Crippen molar-refractivity contribution in [1.29, 1.82) is 0 Å². The Kier molecular flexibility index (Phi) is 3.01. The van der Waals surface area contributed by atoms with Gasteiger partial charge in [0.15, 0.2) is 0 Å². The third kappa shape index (κ3) is 1.74. The molecule has 0 fully saturated rings. The Hall–Kier alpha value is -1.28. The molecule has 84 valence electrons. The highest BCUT2D eigenvalue weighted by Gasteiger charge is 2.12. The van der Waals surface area contributed by atoms with Crippen LogP contribution in [0.25, 0.3) is 5.69 Å². The van der Waals surface area contributed by atoms with Crippen LogP contribution in [0, 0.1) is 13.8 Å². The van der Waals surface area contributed by atoms with E-state index in [9.17, 15) is 0 Å². The zero-order valence-electron chi connectivity index (χ0n) is 9.79. The van der Waals surface area contributed by atoms with E-state index < -0.39 is 0 Å². The van der Waals surface area contributed by atoms with E-state index in [4.69, 9.17) is 11.6 Å². The maximum Gasteiger partial charge on any atom is 0.0848 e. The van der Waals surface area contributed by atoms with Gasteiger partial charge in [0.2, 0.25) is 0 Å². The fourth-order valence-electron chi connectivity index (χ4n) is 1.87. The van der Waals surface area contributed by atoms with Crippen molar-refractivity contribution in [2.24, 2.45) is 0 Å². The first-order chi connectivity index (χ1) is 7.65. The van der Waals surface area contributed by atoms with Crippen LogP contribution in [0.3, 0.4) is 0 Å². The molecular weight excluding hydrogens is 220 g/mol. The summed E-state index contributed by atoms with van der Waals surface area (Å²) >= 11 is 6.16.